The first-order valence-electron chi connectivity index (χ1n) is 6.88. The van der Waals surface area contributed by atoms with Gasteiger partial charge in [-0.15, -0.1) is 0 Å². The van der Waals surface area contributed by atoms with E-state index in [2.05, 4.69) is 39.7 Å². The van der Waals surface area contributed by atoms with Gasteiger partial charge in [-0.25, -0.2) is 4.98 Å². The highest BCUT2D eigenvalue weighted by Crippen LogP contribution is 2.20. The van der Waals surface area contributed by atoms with Crippen molar-refractivity contribution >= 4 is 15.9 Å². The van der Waals surface area contributed by atoms with Crippen molar-refractivity contribution in [3.8, 4) is 11.4 Å². The fourth-order valence-electron chi connectivity index (χ4n) is 2.14. The third kappa shape index (κ3) is 4.02. The van der Waals surface area contributed by atoms with Gasteiger partial charge < -0.3 is 9.72 Å². The molecule has 0 unspecified atom stereocenters. The van der Waals surface area contributed by atoms with Crippen molar-refractivity contribution in [2.75, 3.05) is 7.11 Å². The second kappa shape index (κ2) is 7.00. The maximum Gasteiger partial charge on any atom is 0.265 e. The number of H-pyrrole nitrogens is 1. The number of methoxy groups -OCH3 is 1. The summed E-state index contributed by atoms with van der Waals surface area (Å²) < 4.78 is 5.66. The van der Waals surface area contributed by atoms with E-state index >= 15 is 0 Å². The molecule has 1 N–H and O–H groups in total. The number of hydrogen-bond acceptors (Lipinski definition) is 3. The van der Waals surface area contributed by atoms with E-state index < -0.39 is 0 Å². The molecule has 112 valence electrons. The maximum absolute atomic E-state index is 12.1. The van der Waals surface area contributed by atoms with E-state index in [4.69, 9.17) is 4.74 Å². The van der Waals surface area contributed by atoms with Crippen LogP contribution in [-0.2, 0) is 17.8 Å². The van der Waals surface area contributed by atoms with Crippen LogP contribution in [0.4, 0.5) is 0 Å². The first kappa shape index (κ1) is 15.9. The summed E-state index contributed by atoms with van der Waals surface area (Å²) >= 11 is 3.33. The van der Waals surface area contributed by atoms with Crippen molar-refractivity contribution in [3.63, 3.8) is 0 Å². The van der Waals surface area contributed by atoms with Crippen LogP contribution in [0.15, 0.2) is 33.5 Å². The van der Waals surface area contributed by atoms with E-state index in [0.717, 1.165) is 23.2 Å². The molecule has 1 heterocycles. The van der Waals surface area contributed by atoms with Gasteiger partial charge in [-0.3, -0.25) is 4.79 Å². The Hall–Kier alpha value is -1.46. The molecular formula is C16H19BrN2O2. The minimum absolute atomic E-state index is 0.146. The van der Waals surface area contributed by atoms with Crippen molar-refractivity contribution in [3.05, 3.63) is 50.3 Å². The Balaban J connectivity index is 2.46. The minimum Gasteiger partial charge on any atom is -0.380 e. The number of aromatic nitrogens is 2. The summed E-state index contributed by atoms with van der Waals surface area (Å²) in [5.41, 5.74) is 2.58. The number of nitrogens with zero attached hydrogens (tertiary/aromatic N) is 1. The Morgan fingerprint density at radius 1 is 1.38 bits per heavy atom. The number of hydrogen-bond donors (Lipinski definition) is 1. The highest BCUT2D eigenvalue weighted by molar-refractivity contribution is 9.10. The number of nitrogens with one attached hydrogen (secondary N) is 1. The summed E-state index contributed by atoms with van der Waals surface area (Å²) in [6, 6.07) is 7.84. The SMILES string of the molecule is COCc1cccc(-c2nc(CC(C)C)c(Br)c(=O)[nH]2)c1. The molecule has 1 aromatic heterocycles. The minimum atomic E-state index is -0.146. The zero-order valence-corrected chi connectivity index (χ0v) is 14.0. The molecule has 0 saturated carbocycles. The molecule has 4 nitrogen and oxygen atoms in total. The molecule has 0 aliphatic rings. The average molecular weight is 351 g/mol. The lowest BCUT2D eigenvalue weighted by Crippen LogP contribution is -2.15. The predicted octanol–water partition coefficient (Wildman–Crippen LogP) is 3.54. The average Bonchev–Trinajstić information content (AvgIpc) is 2.44. The largest absolute Gasteiger partial charge is 0.380 e. The van der Waals surface area contributed by atoms with E-state index in [1.807, 2.05) is 24.3 Å². The molecule has 0 atom stereocenters. The van der Waals surface area contributed by atoms with Crippen LogP contribution < -0.4 is 5.56 Å². The van der Waals surface area contributed by atoms with E-state index in [-0.39, 0.29) is 5.56 Å². The van der Waals surface area contributed by atoms with Crippen LogP contribution in [0, 0.1) is 5.92 Å². The van der Waals surface area contributed by atoms with Crippen LogP contribution >= 0.6 is 15.9 Å². The summed E-state index contributed by atoms with van der Waals surface area (Å²) in [5.74, 6) is 1.03. The van der Waals surface area contributed by atoms with Crippen molar-refractivity contribution in [2.45, 2.75) is 26.9 Å². The number of benzene rings is 1. The van der Waals surface area contributed by atoms with Gasteiger partial charge in [0.2, 0.25) is 0 Å². The molecule has 0 fully saturated rings. The molecule has 0 aliphatic carbocycles. The van der Waals surface area contributed by atoms with E-state index in [0.29, 0.717) is 22.8 Å². The van der Waals surface area contributed by atoms with Gasteiger partial charge in [0.05, 0.1) is 12.3 Å². The predicted molar refractivity (Wildman–Crippen MR) is 87.2 cm³/mol. The van der Waals surface area contributed by atoms with Gasteiger partial charge in [0.25, 0.3) is 5.56 Å². The van der Waals surface area contributed by atoms with E-state index in [1.165, 1.54) is 0 Å². The lowest BCUT2D eigenvalue weighted by molar-refractivity contribution is 0.185. The Morgan fingerprint density at radius 3 is 2.81 bits per heavy atom. The number of ether oxygens (including phenoxy) is 1. The maximum atomic E-state index is 12.1. The Morgan fingerprint density at radius 2 is 2.14 bits per heavy atom. The van der Waals surface area contributed by atoms with Gasteiger partial charge >= 0.3 is 0 Å². The summed E-state index contributed by atoms with van der Waals surface area (Å²) in [5, 5.41) is 0. The first-order valence-corrected chi connectivity index (χ1v) is 7.67. The van der Waals surface area contributed by atoms with Gasteiger partial charge in [-0.1, -0.05) is 32.0 Å². The summed E-state index contributed by atoms with van der Waals surface area (Å²) in [4.78, 5) is 19.5. The highest BCUT2D eigenvalue weighted by Gasteiger charge is 2.12. The van der Waals surface area contributed by atoms with Crippen molar-refractivity contribution in [1.82, 2.24) is 9.97 Å². The van der Waals surface area contributed by atoms with Crippen LogP contribution in [0.3, 0.4) is 0 Å². The molecule has 2 rings (SSSR count). The van der Waals surface area contributed by atoms with Gasteiger partial charge in [0.1, 0.15) is 10.3 Å². The Kier molecular flexibility index (Phi) is 5.31. The third-order valence-corrected chi connectivity index (χ3v) is 3.86. The molecule has 0 bridgehead atoms. The lowest BCUT2D eigenvalue weighted by Gasteiger charge is -2.09. The second-order valence-electron chi connectivity index (χ2n) is 5.41. The summed E-state index contributed by atoms with van der Waals surface area (Å²) in [7, 11) is 1.66. The summed E-state index contributed by atoms with van der Waals surface area (Å²) in [6.45, 7) is 4.75. The van der Waals surface area contributed by atoms with Crippen LogP contribution in [-0.4, -0.2) is 17.1 Å². The zero-order valence-electron chi connectivity index (χ0n) is 12.4. The second-order valence-corrected chi connectivity index (χ2v) is 6.20. The lowest BCUT2D eigenvalue weighted by atomic mass is 10.1. The highest BCUT2D eigenvalue weighted by atomic mass is 79.9. The van der Waals surface area contributed by atoms with Gasteiger partial charge in [-0.05, 0) is 39.9 Å². The fourth-order valence-corrected chi connectivity index (χ4v) is 2.49. The topological polar surface area (TPSA) is 55.0 Å². The van der Waals surface area contributed by atoms with Gasteiger partial charge in [0.15, 0.2) is 0 Å². The van der Waals surface area contributed by atoms with E-state index in [1.54, 1.807) is 7.11 Å². The van der Waals surface area contributed by atoms with Crippen molar-refractivity contribution in [2.24, 2.45) is 5.92 Å². The fraction of sp³-hybridized carbons (Fsp3) is 0.375. The molecular weight excluding hydrogens is 332 g/mol. The van der Waals surface area contributed by atoms with Crippen LogP contribution in [0.1, 0.15) is 25.1 Å². The van der Waals surface area contributed by atoms with Crippen LogP contribution in [0.5, 0.6) is 0 Å². The van der Waals surface area contributed by atoms with Crippen molar-refractivity contribution in [1.29, 1.82) is 0 Å². The van der Waals surface area contributed by atoms with Crippen molar-refractivity contribution < 1.29 is 4.74 Å². The van der Waals surface area contributed by atoms with Crippen LogP contribution in [0.2, 0.25) is 0 Å². The molecule has 1 aromatic carbocycles. The molecule has 0 aliphatic heterocycles. The molecule has 21 heavy (non-hydrogen) atoms. The van der Waals surface area contributed by atoms with Gasteiger partial charge in [0, 0.05) is 12.7 Å². The number of rotatable bonds is 5. The Bertz CT molecular complexity index is 680. The molecule has 0 saturated heterocycles. The quantitative estimate of drug-likeness (QED) is 0.896. The molecule has 5 heteroatoms. The molecule has 0 amide bonds. The zero-order chi connectivity index (χ0) is 15.4. The number of halogens is 1. The third-order valence-electron chi connectivity index (χ3n) is 3.04. The normalized spacial score (nSPS) is 11.1. The van der Waals surface area contributed by atoms with E-state index in [9.17, 15) is 4.79 Å². The first-order chi connectivity index (χ1) is 10.0. The molecule has 0 radical (unpaired) electrons. The molecule has 0 spiro atoms. The smallest absolute Gasteiger partial charge is 0.265 e. The summed E-state index contributed by atoms with van der Waals surface area (Å²) in [6.07, 6.45) is 0.759. The Labute approximate surface area is 132 Å². The molecule has 2 aromatic rings. The van der Waals surface area contributed by atoms with Crippen LogP contribution in [0.25, 0.3) is 11.4 Å². The standard InChI is InChI=1S/C16H19BrN2O2/c1-10(2)7-13-14(17)16(20)19-15(18-13)12-6-4-5-11(8-12)9-21-3/h4-6,8,10H,7,9H2,1-3H3,(H,18,19,20). The monoisotopic (exact) mass is 350 g/mol. The number of aromatic amines is 1. The van der Waals surface area contributed by atoms with Gasteiger partial charge in [-0.2, -0.15) is 0 Å².